The summed E-state index contributed by atoms with van der Waals surface area (Å²) < 4.78 is 29.0. The van der Waals surface area contributed by atoms with Crippen LogP contribution in [0.3, 0.4) is 0 Å². The Balaban J connectivity index is 1.53. The normalized spacial score (nSPS) is 21.2. The first-order valence-corrected chi connectivity index (χ1v) is 16.7. The Morgan fingerprint density at radius 1 is 1.02 bits per heavy atom. The van der Waals surface area contributed by atoms with Gasteiger partial charge in [0.25, 0.3) is 0 Å². The Morgan fingerprint density at radius 3 is 2.48 bits per heavy atom. The first-order valence-electron chi connectivity index (χ1n) is 16.7. The number of carbonyl (C=O) groups is 1. The molecule has 4 rings (SSSR count). The van der Waals surface area contributed by atoms with E-state index in [1.54, 1.807) is 19.1 Å². The number of aliphatic hydroxyl groups is 1. The van der Waals surface area contributed by atoms with Crippen molar-refractivity contribution in [3.8, 4) is 5.75 Å². The van der Waals surface area contributed by atoms with Crippen molar-refractivity contribution in [1.82, 2.24) is 4.90 Å². The number of amides is 1. The molecule has 0 bridgehead atoms. The molecule has 1 amide bonds. The van der Waals surface area contributed by atoms with Gasteiger partial charge in [0.1, 0.15) is 12.4 Å². The van der Waals surface area contributed by atoms with Crippen molar-refractivity contribution >= 4 is 11.6 Å². The summed E-state index contributed by atoms with van der Waals surface area (Å²) in [4.78, 5) is 17.5. The fraction of sp³-hybridized carbons (Fsp3) is 0.639. The Kier molecular flexibility index (Phi) is 14.1. The average molecular weight is 642 g/mol. The molecule has 5 atom stereocenters. The lowest BCUT2D eigenvalue weighted by Crippen LogP contribution is -2.56. The maximum atomic E-state index is 13.4. The molecule has 0 aromatic heterocycles. The number of carbonyl (C=O) groups excluding carboxylic acids is 1. The van der Waals surface area contributed by atoms with E-state index in [4.69, 9.17) is 29.4 Å². The molecule has 2 aromatic rings. The largest absolute Gasteiger partial charge is 0.490 e. The number of likely N-dealkylation sites (tertiary alicyclic amines) is 1. The monoisotopic (exact) mass is 641 g/mol. The minimum absolute atomic E-state index is 0.00830. The highest BCUT2D eigenvalue weighted by Gasteiger charge is 2.41. The molecule has 0 aliphatic carbocycles. The zero-order valence-corrected chi connectivity index (χ0v) is 28.4. The van der Waals surface area contributed by atoms with Crippen molar-refractivity contribution in [3.63, 3.8) is 0 Å². The molecule has 0 saturated carbocycles. The van der Waals surface area contributed by atoms with Gasteiger partial charge in [-0.05, 0) is 41.2 Å². The van der Waals surface area contributed by atoms with Gasteiger partial charge >= 0.3 is 0 Å². The molecule has 2 aliphatic rings. The van der Waals surface area contributed by atoms with Crippen LogP contribution >= 0.6 is 0 Å². The highest BCUT2D eigenvalue weighted by Crippen LogP contribution is 2.37. The van der Waals surface area contributed by atoms with E-state index < -0.39 is 6.04 Å². The van der Waals surface area contributed by atoms with Gasteiger partial charge in [-0.3, -0.25) is 4.79 Å². The summed E-state index contributed by atoms with van der Waals surface area (Å²) >= 11 is 0. The number of piperidine rings is 1. The molecule has 2 heterocycles. The minimum Gasteiger partial charge on any atom is -0.490 e. The zero-order chi connectivity index (χ0) is 33.1. The maximum absolute atomic E-state index is 13.4. The fourth-order valence-corrected chi connectivity index (χ4v) is 6.39. The fourth-order valence-electron chi connectivity index (χ4n) is 6.39. The molecule has 0 radical (unpaired) electrons. The molecule has 10 nitrogen and oxygen atoms in total. The van der Waals surface area contributed by atoms with Crippen LogP contribution in [-0.4, -0.2) is 101 Å². The molecule has 2 aromatic carbocycles. The average Bonchev–Trinajstić information content (AvgIpc) is 3.06. The van der Waals surface area contributed by atoms with E-state index in [1.165, 1.54) is 0 Å². The third kappa shape index (κ3) is 9.65. The molecule has 1 saturated heterocycles. The third-order valence-corrected chi connectivity index (χ3v) is 9.02. The standard InChI is InChI=1S/C36H55N3O7/c1-25(2)35(37)36(41)39-18-30(20-40)34(29-10-7-27(8-11-29)23-44-22-26(3)21-43-5)33(19-39)46-24-28-9-12-32-31(17-28)38(14-16-45-32)13-6-15-42-4/h7-12,17,25-26,30,33-35,40H,6,13-16,18-24,37H2,1-5H3/t26?,30-,33-,34-,35?/m0/s1. The first kappa shape index (κ1) is 36.1. The molecular weight excluding hydrogens is 586 g/mol. The van der Waals surface area contributed by atoms with Gasteiger partial charge in [-0.1, -0.05) is 51.1 Å². The van der Waals surface area contributed by atoms with E-state index in [-0.39, 0.29) is 36.4 Å². The van der Waals surface area contributed by atoms with E-state index >= 15 is 0 Å². The Hall–Kier alpha value is -2.73. The predicted molar refractivity (Wildman–Crippen MR) is 179 cm³/mol. The minimum atomic E-state index is -0.604. The van der Waals surface area contributed by atoms with Crippen LogP contribution in [0.25, 0.3) is 0 Å². The number of benzene rings is 2. The smallest absolute Gasteiger partial charge is 0.239 e. The lowest BCUT2D eigenvalue weighted by Gasteiger charge is -2.44. The van der Waals surface area contributed by atoms with Crippen LogP contribution in [0, 0.1) is 17.8 Å². The summed E-state index contributed by atoms with van der Waals surface area (Å²) in [6.45, 7) is 12.0. The van der Waals surface area contributed by atoms with Gasteiger partial charge in [-0.2, -0.15) is 0 Å². The van der Waals surface area contributed by atoms with E-state index in [2.05, 4.69) is 42.2 Å². The number of rotatable bonds is 17. The molecule has 3 N–H and O–H groups in total. The van der Waals surface area contributed by atoms with Crippen molar-refractivity contribution < 1.29 is 33.6 Å². The highest BCUT2D eigenvalue weighted by atomic mass is 16.5. The van der Waals surface area contributed by atoms with Gasteiger partial charge in [-0.25, -0.2) is 0 Å². The molecule has 2 aliphatic heterocycles. The topological polar surface area (TPSA) is 116 Å². The van der Waals surface area contributed by atoms with Crippen molar-refractivity contribution in [1.29, 1.82) is 0 Å². The summed E-state index contributed by atoms with van der Waals surface area (Å²) in [7, 11) is 3.43. The van der Waals surface area contributed by atoms with Crippen LogP contribution in [0.1, 0.15) is 49.8 Å². The van der Waals surface area contributed by atoms with E-state index in [1.807, 2.05) is 26.0 Å². The Morgan fingerprint density at radius 2 is 1.78 bits per heavy atom. The third-order valence-electron chi connectivity index (χ3n) is 9.02. The SMILES string of the molecule is COCCCN1CCOc2ccc(CO[C@H]3CN(C(=O)C(N)C(C)C)C[C@@H](CO)[C@@H]3c3ccc(COCC(C)COC)cc3)cc21. The second kappa shape index (κ2) is 18.0. The van der Waals surface area contributed by atoms with Crippen LogP contribution in [0.4, 0.5) is 5.69 Å². The van der Waals surface area contributed by atoms with Gasteiger partial charge in [0.2, 0.25) is 5.91 Å². The van der Waals surface area contributed by atoms with Crippen LogP contribution in [0.5, 0.6) is 5.75 Å². The van der Waals surface area contributed by atoms with Gasteiger partial charge in [-0.15, -0.1) is 0 Å². The Labute approximate surface area is 275 Å². The van der Waals surface area contributed by atoms with Gasteiger partial charge in [0, 0.05) is 64.8 Å². The number of hydrogen-bond acceptors (Lipinski definition) is 9. The number of nitrogens with two attached hydrogens (primary N) is 1. The predicted octanol–water partition coefficient (Wildman–Crippen LogP) is 3.82. The molecule has 0 spiro atoms. The number of hydrogen-bond donors (Lipinski definition) is 2. The van der Waals surface area contributed by atoms with Crippen LogP contribution in [0.2, 0.25) is 0 Å². The molecule has 256 valence electrons. The summed E-state index contributed by atoms with van der Waals surface area (Å²) in [5, 5.41) is 10.6. The van der Waals surface area contributed by atoms with Crippen molar-refractivity contribution in [2.24, 2.45) is 23.5 Å². The molecule has 1 fully saturated rings. The Bertz CT molecular complexity index is 1210. The molecule has 10 heteroatoms. The lowest BCUT2D eigenvalue weighted by molar-refractivity contribution is -0.142. The lowest BCUT2D eigenvalue weighted by atomic mass is 9.78. The summed E-state index contributed by atoms with van der Waals surface area (Å²) in [6, 6.07) is 14.0. The van der Waals surface area contributed by atoms with E-state index in [0.717, 1.165) is 47.6 Å². The maximum Gasteiger partial charge on any atom is 0.239 e. The zero-order valence-electron chi connectivity index (χ0n) is 28.4. The van der Waals surface area contributed by atoms with E-state index in [9.17, 15) is 9.90 Å². The molecule has 46 heavy (non-hydrogen) atoms. The number of aliphatic hydroxyl groups excluding tert-OH is 1. The molecular formula is C36H55N3O7. The van der Waals surface area contributed by atoms with Gasteiger partial charge in [0.05, 0.1) is 50.8 Å². The quantitative estimate of drug-likeness (QED) is 0.249. The molecule has 2 unspecified atom stereocenters. The summed E-state index contributed by atoms with van der Waals surface area (Å²) in [6.07, 6.45) is 0.597. The van der Waals surface area contributed by atoms with Crippen LogP contribution in [-0.2, 0) is 37.0 Å². The number of nitrogens with zero attached hydrogens (tertiary/aromatic N) is 2. The van der Waals surface area contributed by atoms with Crippen molar-refractivity contribution in [3.05, 3.63) is 59.2 Å². The number of ether oxygens (including phenoxy) is 5. The first-order chi connectivity index (χ1) is 22.2. The second-order valence-corrected chi connectivity index (χ2v) is 13.1. The second-order valence-electron chi connectivity index (χ2n) is 13.1. The van der Waals surface area contributed by atoms with Crippen molar-refractivity contribution in [2.45, 2.75) is 58.5 Å². The van der Waals surface area contributed by atoms with Crippen molar-refractivity contribution in [2.75, 3.05) is 78.3 Å². The highest BCUT2D eigenvalue weighted by molar-refractivity contribution is 5.82. The number of fused-ring (bicyclic) bond motifs is 1. The van der Waals surface area contributed by atoms with Crippen LogP contribution in [0.15, 0.2) is 42.5 Å². The van der Waals surface area contributed by atoms with Crippen LogP contribution < -0.4 is 15.4 Å². The van der Waals surface area contributed by atoms with Gasteiger partial charge in [0.15, 0.2) is 0 Å². The number of anilines is 1. The summed E-state index contributed by atoms with van der Waals surface area (Å²) in [5.41, 5.74) is 10.5. The summed E-state index contributed by atoms with van der Waals surface area (Å²) in [5.74, 6) is 0.799. The van der Waals surface area contributed by atoms with E-state index in [0.29, 0.717) is 58.6 Å². The van der Waals surface area contributed by atoms with Gasteiger partial charge < -0.3 is 44.3 Å². The number of methoxy groups -OCH3 is 2.